The molecule has 1 aromatic rings. The number of pyridine rings is 1. The molecule has 11 heavy (non-hydrogen) atoms. The first-order chi connectivity index (χ1) is 5.22. The molecular formula is C6H2Cl2N2S. The monoisotopic (exact) mass is 204 g/mol. The number of rotatable bonds is 1. The Hall–Kier alpha value is -0.470. The van der Waals surface area contributed by atoms with E-state index < -0.39 is 0 Å². The number of nitrogens with zero attached hydrogens (tertiary/aromatic N) is 2. The molecule has 0 aliphatic rings. The van der Waals surface area contributed by atoms with Crippen LogP contribution in [-0.2, 0) is 0 Å². The van der Waals surface area contributed by atoms with Crippen molar-refractivity contribution >= 4 is 46.4 Å². The normalized spacial score (nSPS) is 8.91. The minimum Gasteiger partial charge on any atom is -0.216 e. The fourth-order valence-corrected chi connectivity index (χ4v) is 1.11. The third-order valence-electron chi connectivity index (χ3n) is 0.906. The average Bonchev–Trinajstić information content (AvgIpc) is 1.85. The lowest BCUT2D eigenvalue weighted by Gasteiger charge is -1.92. The molecule has 0 unspecified atom stereocenters. The second-order valence-corrected chi connectivity index (χ2v) is 2.68. The second kappa shape index (κ2) is 3.79. The predicted octanol–water partition coefficient (Wildman–Crippen LogP) is 3.12. The molecule has 1 aromatic heterocycles. The van der Waals surface area contributed by atoms with Gasteiger partial charge in [0.25, 0.3) is 0 Å². The summed E-state index contributed by atoms with van der Waals surface area (Å²) in [5.74, 6) is 0.373. The van der Waals surface area contributed by atoms with E-state index in [1.807, 2.05) is 0 Å². The van der Waals surface area contributed by atoms with E-state index in [0.29, 0.717) is 16.0 Å². The quantitative estimate of drug-likeness (QED) is 0.399. The summed E-state index contributed by atoms with van der Waals surface area (Å²) in [5.41, 5.74) is 0. The molecule has 0 radical (unpaired) electrons. The van der Waals surface area contributed by atoms with E-state index in [1.54, 1.807) is 6.07 Å². The van der Waals surface area contributed by atoms with Crippen molar-refractivity contribution in [3.63, 3.8) is 0 Å². The van der Waals surface area contributed by atoms with Crippen molar-refractivity contribution in [1.29, 1.82) is 0 Å². The Balaban J connectivity index is 3.18. The molecular weight excluding hydrogens is 203 g/mol. The van der Waals surface area contributed by atoms with Gasteiger partial charge in [-0.05, 0) is 18.3 Å². The lowest BCUT2D eigenvalue weighted by Crippen LogP contribution is -1.74. The molecule has 5 heteroatoms. The second-order valence-electron chi connectivity index (χ2n) is 1.67. The number of thiocarbonyl (C=S) groups is 1. The number of aliphatic imine (C=N–C) groups is 1. The number of isothiocyanates is 1. The van der Waals surface area contributed by atoms with Crippen LogP contribution in [0.3, 0.4) is 0 Å². The molecule has 0 aliphatic carbocycles. The van der Waals surface area contributed by atoms with Gasteiger partial charge in [0.05, 0.1) is 5.16 Å². The molecule has 0 spiro atoms. The Morgan fingerprint density at radius 2 is 2.18 bits per heavy atom. The molecule has 0 saturated carbocycles. The highest BCUT2D eigenvalue weighted by Gasteiger charge is 1.96. The van der Waals surface area contributed by atoms with Crippen molar-refractivity contribution < 1.29 is 0 Å². The summed E-state index contributed by atoms with van der Waals surface area (Å²) in [6.07, 6.45) is 0. The molecule has 0 bridgehead atoms. The van der Waals surface area contributed by atoms with Gasteiger partial charge in [0.2, 0.25) is 0 Å². The Morgan fingerprint density at radius 1 is 1.45 bits per heavy atom. The molecule has 56 valence electrons. The van der Waals surface area contributed by atoms with Gasteiger partial charge in [-0.15, -0.1) is 0 Å². The van der Waals surface area contributed by atoms with Crippen LogP contribution in [0.15, 0.2) is 17.1 Å². The van der Waals surface area contributed by atoms with Crippen LogP contribution in [0, 0.1) is 0 Å². The van der Waals surface area contributed by atoms with Gasteiger partial charge in [0.15, 0.2) is 5.82 Å². The van der Waals surface area contributed by atoms with Crippen LogP contribution in [-0.4, -0.2) is 10.1 Å². The van der Waals surface area contributed by atoms with Crippen LogP contribution in [0.2, 0.25) is 10.2 Å². The number of hydrogen-bond donors (Lipinski definition) is 0. The Labute approximate surface area is 78.9 Å². The minimum atomic E-state index is 0.293. The van der Waals surface area contributed by atoms with E-state index in [9.17, 15) is 0 Å². The highest BCUT2D eigenvalue weighted by atomic mass is 35.5. The smallest absolute Gasteiger partial charge is 0.165 e. The van der Waals surface area contributed by atoms with Crippen LogP contribution in [0.5, 0.6) is 0 Å². The summed E-state index contributed by atoms with van der Waals surface area (Å²) in [4.78, 5) is 7.42. The van der Waals surface area contributed by atoms with Crippen LogP contribution >= 0.6 is 35.4 Å². The average molecular weight is 205 g/mol. The first-order valence-corrected chi connectivity index (χ1v) is 3.80. The predicted molar refractivity (Wildman–Crippen MR) is 48.9 cm³/mol. The van der Waals surface area contributed by atoms with Gasteiger partial charge in [-0.25, -0.2) is 4.98 Å². The third kappa shape index (κ3) is 2.56. The molecule has 2 nitrogen and oxygen atoms in total. The highest BCUT2D eigenvalue weighted by molar-refractivity contribution is 7.78. The van der Waals surface area contributed by atoms with Crippen LogP contribution in [0.1, 0.15) is 0 Å². The minimum absolute atomic E-state index is 0.293. The van der Waals surface area contributed by atoms with Gasteiger partial charge in [-0.2, -0.15) is 4.99 Å². The Morgan fingerprint density at radius 3 is 2.73 bits per heavy atom. The highest BCUT2D eigenvalue weighted by Crippen LogP contribution is 2.19. The van der Waals surface area contributed by atoms with E-state index in [0.717, 1.165) is 0 Å². The zero-order valence-corrected chi connectivity index (χ0v) is 7.54. The summed E-state index contributed by atoms with van der Waals surface area (Å²) >= 11 is 15.6. The SMILES string of the molecule is S=C=Nc1cc(Cl)cc(Cl)n1. The molecule has 0 N–H and O–H groups in total. The first kappa shape index (κ1) is 8.62. The maximum atomic E-state index is 5.64. The van der Waals surface area contributed by atoms with Gasteiger partial charge in [0, 0.05) is 11.1 Å². The fourth-order valence-electron chi connectivity index (χ4n) is 0.557. The van der Waals surface area contributed by atoms with Gasteiger partial charge in [-0.3, -0.25) is 0 Å². The standard InChI is InChI=1S/C6H2Cl2N2S/c7-4-1-5(8)10-6(2-4)9-3-11/h1-2H. The van der Waals surface area contributed by atoms with Crippen molar-refractivity contribution in [2.45, 2.75) is 0 Å². The van der Waals surface area contributed by atoms with Crippen molar-refractivity contribution in [2.24, 2.45) is 4.99 Å². The lowest BCUT2D eigenvalue weighted by molar-refractivity contribution is 1.28. The first-order valence-electron chi connectivity index (χ1n) is 2.63. The Kier molecular flexibility index (Phi) is 2.97. The Bertz CT molecular complexity index is 300. The van der Waals surface area contributed by atoms with Crippen LogP contribution < -0.4 is 0 Å². The molecule has 0 saturated heterocycles. The summed E-state index contributed by atoms with van der Waals surface area (Å²) in [6.45, 7) is 0. The summed E-state index contributed by atoms with van der Waals surface area (Å²) < 4.78 is 0. The molecule has 0 aromatic carbocycles. The molecule has 0 amide bonds. The van der Waals surface area contributed by atoms with Crippen LogP contribution in [0.25, 0.3) is 0 Å². The number of halogens is 2. The lowest BCUT2D eigenvalue weighted by atomic mass is 10.5. The maximum Gasteiger partial charge on any atom is 0.165 e. The van der Waals surface area contributed by atoms with Crippen LogP contribution in [0.4, 0.5) is 5.82 Å². The number of hydrogen-bond acceptors (Lipinski definition) is 3. The third-order valence-corrected chi connectivity index (χ3v) is 1.41. The largest absolute Gasteiger partial charge is 0.216 e. The van der Waals surface area contributed by atoms with E-state index in [2.05, 4.69) is 27.4 Å². The van der Waals surface area contributed by atoms with Gasteiger partial charge in [0.1, 0.15) is 5.15 Å². The summed E-state index contributed by atoms with van der Waals surface area (Å²) in [5, 5.41) is 2.94. The van der Waals surface area contributed by atoms with Gasteiger partial charge < -0.3 is 0 Å². The number of aromatic nitrogens is 1. The van der Waals surface area contributed by atoms with E-state index >= 15 is 0 Å². The summed E-state index contributed by atoms with van der Waals surface area (Å²) in [6, 6.07) is 3.07. The van der Waals surface area contributed by atoms with Crippen molar-refractivity contribution in [1.82, 2.24) is 4.98 Å². The molecule has 0 fully saturated rings. The van der Waals surface area contributed by atoms with Gasteiger partial charge >= 0.3 is 0 Å². The van der Waals surface area contributed by atoms with Crippen molar-refractivity contribution in [3.8, 4) is 0 Å². The van der Waals surface area contributed by atoms with E-state index in [1.165, 1.54) is 6.07 Å². The maximum absolute atomic E-state index is 5.64. The van der Waals surface area contributed by atoms with Crippen molar-refractivity contribution in [3.05, 3.63) is 22.3 Å². The topological polar surface area (TPSA) is 25.2 Å². The van der Waals surface area contributed by atoms with Gasteiger partial charge in [-0.1, -0.05) is 23.2 Å². The van der Waals surface area contributed by atoms with Crippen molar-refractivity contribution in [2.75, 3.05) is 0 Å². The van der Waals surface area contributed by atoms with E-state index in [4.69, 9.17) is 23.2 Å². The molecule has 1 heterocycles. The summed E-state index contributed by atoms with van der Waals surface area (Å²) in [7, 11) is 0. The fraction of sp³-hybridized carbons (Fsp3) is 0. The molecule has 0 atom stereocenters. The zero-order valence-electron chi connectivity index (χ0n) is 5.21. The zero-order chi connectivity index (χ0) is 8.27. The molecule has 0 aliphatic heterocycles. The van der Waals surface area contributed by atoms with E-state index in [-0.39, 0.29) is 0 Å². The molecule has 1 rings (SSSR count).